The molecule has 2 heterocycles. The van der Waals surface area contributed by atoms with Gasteiger partial charge in [0.25, 0.3) is 0 Å². The third-order valence-electron chi connectivity index (χ3n) is 3.93. The summed E-state index contributed by atoms with van der Waals surface area (Å²) in [5.74, 6) is -0.260. The van der Waals surface area contributed by atoms with Crippen LogP contribution in [0.3, 0.4) is 0 Å². The minimum absolute atomic E-state index is 0.260. The van der Waals surface area contributed by atoms with Gasteiger partial charge < -0.3 is 0 Å². The minimum Gasteiger partial charge on any atom is -0.277 e. The summed E-state index contributed by atoms with van der Waals surface area (Å²) in [6.45, 7) is 3.90. The second-order valence-electron chi connectivity index (χ2n) is 5.61. The number of aryl methyl sites for hydroxylation is 2. The Morgan fingerprint density at radius 1 is 1.00 bits per heavy atom. The molecule has 0 spiro atoms. The Bertz CT molecular complexity index is 1020. The first-order valence-electron chi connectivity index (χ1n) is 7.14. The molecule has 0 unspecified atom stereocenters. The molecule has 3 nitrogen and oxygen atoms in total. The first-order valence-corrected chi connectivity index (χ1v) is 7.14. The van der Waals surface area contributed by atoms with Crippen LogP contribution in [-0.4, -0.2) is 15.2 Å². The van der Waals surface area contributed by atoms with Crippen LogP contribution in [0.2, 0.25) is 0 Å². The minimum atomic E-state index is -0.260. The number of nitrogens with zero attached hydrogens (tertiary/aromatic N) is 2. The average Bonchev–Trinajstić information content (AvgIpc) is 2.90. The zero-order valence-electron chi connectivity index (χ0n) is 12.3. The molecule has 4 rings (SSSR count). The summed E-state index contributed by atoms with van der Waals surface area (Å²) in [6, 6.07) is 13.1. The first kappa shape index (κ1) is 13.0. The Labute approximate surface area is 126 Å². The van der Waals surface area contributed by atoms with Gasteiger partial charge in [-0.15, -0.1) is 0 Å². The molecule has 108 valence electrons. The summed E-state index contributed by atoms with van der Waals surface area (Å²) in [4.78, 5) is 4.68. The highest BCUT2D eigenvalue weighted by Gasteiger charge is 2.13. The summed E-state index contributed by atoms with van der Waals surface area (Å²) in [5.41, 5.74) is 5.19. The van der Waals surface area contributed by atoms with Crippen LogP contribution in [0.1, 0.15) is 11.1 Å². The molecule has 0 fully saturated rings. The van der Waals surface area contributed by atoms with E-state index in [4.69, 9.17) is 0 Å². The topological polar surface area (TPSA) is 41.6 Å². The van der Waals surface area contributed by atoms with Crippen LogP contribution in [0, 0.1) is 19.7 Å². The summed E-state index contributed by atoms with van der Waals surface area (Å²) in [6.07, 6.45) is 0. The van der Waals surface area contributed by atoms with Crippen molar-refractivity contribution < 1.29 is 4.39 Å². The highest BCUT2D eigenvalue weighted by Crippen LogP contribution is 2.29. The second-order valence-corrected chi connectivity index (χ2v) is 5.61. The van der Waals surface area contributed by atoms with E-state index in [1.165, 1.54) is 12.1 Å². The Morgan fingerprint density at radius 3 is 2.68 bits per heavy atom. The summed E-state index contributed by atoms with van der Waals surface area (Å²) in [5, 5.41) is 9.17. The number of aromatic amines is 1. The number of rotatable bonds is 1. The predicted octanol–water partition coefficient (Wildman–Crippen LogP) is 4.53. The van der Waals surface area contributed by atoms with Crippen molar-refractivity contribution in [2.75, 3.05) is 0 Å². The van der Waals surface area contributed by atoms with Crippen LogP contribution in [0.4, 0.5) is 4.39 Å². The van der Waals surface area contributed by atoms with Gasteiger partial charge in [0.15, 0.2) is 0 Å². The number of hydrogen-bond acceptors (Lipinski definition) is 2. The number of aromatic nitrogens is 3. The van der Waals surface area contributed by atoms with Crippen molar-refractivity contribution >= 4 is 21.8 Å². The van der Waals surface area contributed by atoms with Crippen LogP contribution >= 0.6 is 0 Å². The molecule has 2 aromatic heterocycles. The molecule has 0 aliphatic heterocycles. The van der Waals surface area contributed by atoms with Gasteiger partial charge in [0, 0.05) is 10.8 Å². The monoisotopic (exact) mass is 291 g/mol. The molecule has 22 heavy (non-hydrogen) atoms. The lowest BCUT2D eigenvalue weighted by Gasteiger charge is -2.03. The van der Waals surface area contributed by atoms with E-state index in [9.17, 15) is 4.39 Å². The van der Waals surface area contributed by atoms with E-state index in [2.05, 4.69) is 21.2 Å². The maximum Gasteiger partial charge on any atom is 0.124 e. The lowest BCUT2D eigenvalue weighted by atomic mass is 10.1. The molecule has 0 radical (unpaired) electrons. The molecular formula is C18H14FN3. The van der Waals surface area contributed by atoms with Gasteiger partial charge in [-0.05, 0) is 49.2 Å². The summed E-state index contributed by atoms with van der Waals surface area (Å²) in [7, 11) is 0. The lowest BCUT2D eigenvalue weighted by Crippen LogP contribution is -1.87. The van der Waals surface area contributed by atoms with Gasteiger partial charge in [-0.3, -0.25) is 5.10 Å². The Kier molecular flexibility index (Phi) is 2.73. The van der Waals surface area contributed by atoms with Crippen molar-refractivity contribution in [1.82, 2.24) is 15.2 Å². The van der Waals surface area contributed by atoms with E-state index in [1.807, 2.05) is 38.1 Å². The van der Waals surface area contributed by atoms with E-state index in [-0.39, 0.29) is 5.82 Å². The Balaban J connectivity index is 1.98. The molecule has 0 aliphatic rings. The predicted molar refractivity (Wildman–Crippen MR) is 86.3 cm³/mol. The van der Waals surface area contributed by atoms with Gasteiger partial charge in [0.05, 0.1) is 16.7 Å². The fourth-order valence-electron chi connectivity index (χ4n) is 2.80. The number of H-pyrrole nitrogens is 1. The molecule has 0 atom stereocenters. The fraction of sp³-hybridized carbons (Fsp3) is 0.111. The standard InChI is InChI=1S/C18H14FN3/c1-10-3-4-12-5-6-15(20-16(12)7-10)18-14-9-13(19)8-11(2)17(14)21-22-18/h3-9H,1-2H3,(H,21,22). The number of benzene rings is 2. The third-order valence-corrected chi connectivity index (χ3v) is 3.93. The number of pyridine rings is 1. The van der Waals surface area contributed by atoms with Crippen molar-refractivity contribution in [3.05, 3.63) is 59.4 Å². The molecule has 0 saturated carbocycles. The van der Waals surface area contributed by atoms with Crippen LogP contribution in [-0.2, 0) is 0 Å². The normalized spacial score (nSPS) is 11.4. The van der Waals surface area contributed by atoms with Gasteiger partial charge in [0.1, 0.15) is 11.5 Å². The maximum atomic E-state index is 13.7. The molecule has 0 bridgehead atoms. The highest BCUT2D eigenvalue weighted by molar-refractivity contribution is 5.95. The van der Waals surface area contributed by atoms with Gasteiger partial charge in [0.2, 0.25) is 0 Å². The molecule has 0 amide bonds. The number of halogens is 1. The summed E-state index contributed by atoms with van der Waals surface area (Å²) < 4.78 is 13.7. The molecule has 4 heteroatoms. The van der Waals surface area contributed by atoms with Gasteiger partial charge in [-0.2, -0.15) is 5.10 Å². The Hall–Kier alpha value is -2.75. The van der Waals surface area contributed by atoms with Crippen LogP contribution < -0.4 is 0 Å². The molecule has 1 N–H and O–H groups in total. The molecule has 0 aliphatic carbocycles. The summed E-state index contributed by atoms with van der Waals surface area (Å²) >= 11 is 0. The zero-order chi connectivity index (χ0) is 15.3. The van der Waals surface area contributed by atoms with E-state index in [1.54, 1.807) is 0 Å². The van der Waals surface area contributed by atoms with Crippen molar-refractivity contribution in [2.24, 2.45) is 0 Å². The lowest BCUT2D eigenvalue weighted by molar-refractivity contribution is 0.628. The molecule has 4 aromatic rings. The smallest absolute Gasteiger partial charge is 0.124 e. The fourth-order valence-corrected chi connectivity index (χ4v) is 2.80. The maximum absolute atomic E-state index is 13.7. The Morgan fingerprint density at radius 2 is 1.82 bits per heavy atom. The van der Waals surface area contributed by atoms with E-state index in [0.29, 0.717) is 5.69 Å². The first-order chi connectivity index (χ1) is 10.6. The van der Waals surface area contributed by atoms with Gasteiger partial charge in [-0.25, -0.2) is 9.37 Å². The number of nitrogens with one attached hydrogen (secondary N) is 1. The van der Waals surface area contributed by atoms with Gasteiger partial charge >= 0.3 is 0 Å². The van der Waals surface area contributed by atoms with E-state index in [0.717, 1.165) is 38.6 Å². The van der Waals surface area contributed by atoms with Crippen LogP contribution in [0.5, 0.6) is 0 Å². The number of hydrogen-bond donors (Lipinski definition) is 1. The van der Waals surface area contributed by atoms with Crippen molar-refractivity contribution in [3.63, 3.8) is 0 Å². The van der Waals surface area contributed by atoms with Gasteiger partial charge in [-0.1, -0.05) is 18.2 Å². The molecular weight excluding hydrogens is 277 g/mol. The van der Waals surface area contributed by atoms with Crippen LogP contribution in [0.25, 0.3) is 33.2 Å². The number of fused-ring (bicyclic) bond motifs is 2. The highest BCUT2D eigenvalue weighted by atomic mass is 19.1. The quantitative estimate of drug-likeness (QED) is 0.559. The zero-order valence-corrected chi connectivity index (χ0v) is 12.3. The second kappa shape index (κ2) is 4.63. The third kappa shape index (κ3) is 1.96. The molecule has 0 saturated heterocycles. The van der Waals surface area contributed by atoms with Crippen molar-refractivity contribution in [3.8, 4) is 11.4 Å². The van der Waals surface area contributed by atoms with Crippen molar-refractivity contribution in [1.29, 1.82) is 0 Å². The van der Waals surface area contributed by atoms with Crippen molar-refractivity contribution in [2.45, 2.75) is 13.8 Å². The largest absolute Gasteiger partial charge is 0.277 e. The molecule has 2 aromatic carbocycles. The SMILES string of the molecule is Cc1ccc2ccc(-c3n[nH]c4c(C)cc(F)cc34)nc2c1. The van der Waals surface area contributed by atoms with E-state index < -0.39 is 0 Å². The van der Waals surface area contributed by atoms with Crippen LogP contribution in [0.15, 0.2) is 42.5 Å². The average molecular weight is 291 g/mol. The van der Waals surface area contributed by atoms with E-state index >= 15 is 0 Å².